The molecule has 0 aliphatic carbocycles. The summed E-state index contributed by atoms with van der Waals surface area (Å²) in [6.45, 7) is 0.712. The molecule has 0 aromatic heterocycles. The van der Waals surface area contributed by atoms with Crippen LogP contribution < -0.4 is 11.0 Å². The van der Waals surface area contributed by atoms with Crippen LogP contribution in [-0.2, 0) is 4.79 Å². The molecule has 0 saturated heterocycles. The van der Waals surface area contributed by atoms with Gasteiger partial charge in [-0.15, -0.1) is 0 Å². The van der Waals surface area contributed by atoms with Crippen molar-refractivity contribution in [2.24, 2.45) is 5.73 Å². The summed E-state index contributed by atoms with van der Waals surface area (Å²) in [6, 6.07) is -0.576. The van der Waals surface area contributed by atoms with Crippen molar-refractivity contribution in [2.75, 3.05) is 6.54 Å². The molecule has 0 aliphatic heterocycles. The van der Waals surface area contributed by atoms with Crippen LogP contribution in [0.15, 0.2) is 0 Å². The Morgan fingerprint density at radius 3 is 2.83 bits per heavy atom. The fraction of sp³-hybridized carbons (Fsp3) is 0.833. The minimum atomic E-state index is -0.576. The summed E-state index contributed by atoms with van der Waals surface area (Å²) in [5, 5.41) is 10.8. The second kappa shape index (κ2) is 7.34. The van der Waals surface area contributed by atoms with Gasteiger partial charge in [0.25, 0.3) is 0 Å². The van der Waals surface area contributed by atoms with Crippen molar-refractivity contribution < 1.29 is 9.82 Å². The number of carbonyl (C=O) groups is 1. The first-order valence-electron chi connectivity index (χ1n) is 3.92. The maximum atomic E-state index is 10.7. The lowest BCUT2D eigenvalue weighted by molar-refractivity contribution is -0.114. The zero-order chi connectivity index (χ0) is 9.40. The van der Waals surface area contributed by atoms with Crippen LogP contribution in [0.5, 0.6) is 0 Å². The molecule has 4 N–H and O–H groups in total. The van der Waals surface area contributed by atoms with E-state index in [4.69, 9.17) is 18.7 Å². The van der Waals surface area contributed by atoms with Crippen molar-refractivity contribution in [3.8, 4) is 0 Å². The van der Waals surface area contributed by atoms with Gasteiger partial charge in [-0.25, -0.2) is 0 Å². The third kappa shape index (κ3) is 5.35. The molecule has 0 amide bonds. The molecule has 1 atom stereocenters. The van der Waals surface area contributed by atoms with Crippen LogP contribution in [0.25, 0.3) is 0 Å². The molecule has 0 spiro atoms. The fourth-order valence-electron chi connectivity index (χ4n) is 0.829. The van der Waals surface area contributed by atoms with Gasteiger partial charge in [0, 0.05) is 0 Å². The lowest BCUT2D eigenvalue weighted by Gasteiger charge is -2.07. The monoisotopic (exact) mass is 167 g/mol. The first-order chi connectivity index (χ1) is 5.72. The topological polar surface area (TPSA) is 75.3 Å². The van der Waals surface area contributed by atoms with E-state index in [1.165, 1.54) is 0 Å². The predicted octanol–water partition coefficient (Wildman–Crippen LogP) is -1.70. The average Bonchev–Trinajstić information content (AvgIpc) is 2.10. The highest BCUT2D eigenvalue weighted by molar-refractivity contribution is 6.69. The Kier molecular flexibility index (Phi) is 7.14. The Labute approximate surface area is 74.6 Å². The minimum absolute atomic E-state index is 0.421. The highest BCUT2D eigenvalue weighted by atomic mass is 16.2. The van der Waals surface area contributed by atoms with Crippen molar-refractivity contribution >= 4 is 21.1 Å². The van der Waals surface area contributed by atoms with E-state index in [2.05, 4.69) is 5.23 Å². The second-order valence-electron chi connectivity index (χ2n) is 2.59. The summed E-state index contributed by atoms with van der Waals surface area (Å²) in [4.78, 5) is 10.7. The molecule has 12 heavy (non-hydrogen) atoms. The van der Waals surface area contributed by atoms with Crippen LogP contribution >= 0.6 is 0 Å². The Hall–Kier alpha value is -0.320. The Bertz CT molecular complexity index is 135. The molecule has 0 saturated carbocycles. The number of rotatable bonds is 7. The molecule has 0 unspecified atom stereocenters. The van der Waals surface area contributed by atoms with E-state index in [9.17, 15) is 4.79 Å². The van der Waals surface area contributed by atoms with Crippen molar-refractivity contribution in [3.63, 3.8) is 0 Å². The van der Waals surface area contributed by atoms with Crippen LogP contribution in [0, 0.1) is 0 Å². The van der Waals surface area contributed by atoms with Gasteiger partial charge in [-0.05, 0) is 19.4 Å². The first-order valence-corrected chi connectivity index (χ1v) is 3.92. The molecule has 0 heterocycles. The number of nitrogens with two attached hydrogens (primary N) is 1. The Morgan fingerprint density at radius 1 is 1.67 bits per heavy atom. The SMILES string of the molecule is [B]NCCCC[C@H](N)C(=O)[B]O. The first kappa shape index (κ1) is 11.7. The van der Waals surface area contributed by atoms with Gasteiger partial charge >= 0.3 is 7.48 Å². The highest BCUT2D eigenvalue weighted by Gasteiger charge is 2.12. The predicted molar refractivity (Wildman–Crippen MR) is 48.6 cm³/mol. The van der Waals surface area contributed by atoms with Gasteiger partial charge in [0.05, 0.1) is 6.04 Å². The van der Waals surface area contributed by atoms with Gasteiger partial charge in [0.2, 0.25) is 0 Å². The third-order valence-corrected chi connectivity index (χ3v) is 1.58. The number of carbonyl (C=O) groups excluding carboxylic acids is 1. The zero-order valence-electron chi connectivity index (χ0n) is 6.99. The van der Waals surface area contributed by atoms with Crippen LogP contribution in [0.2, 0.25) is 0 Å². The number of nitrogens with one attached hydrogen (secondary N) is 1. The summed E-state index contributed by atoms with van der Waals surface area (Å²) in [5.41, 5.74) is 5.00. The highest BCUT2D eigenvalue weighted by Crippen LogP contribution is 1.98. The maximum Gasteiger partial charge on any atom is 0.375 e. The average molecular weight is 167 g/mol. The molecule has 3 radical (unpaired) electrons. The molecular weight excluding hydrogens is 154 g/mol. The van der Waals surface area contributed by atoms with Crippen LogP contribution in [0.4, 0.5) is 0 Å². The molecule has 0 aromatic rings. The summed E-state index contributed by atoms with van der Waals surface area (Å²) in [6.07, 6.45) is 2.28. The fourth-order valence-corrected chi connectivity index (χ4v) is 0.829. The number of unbranched alkanes of at least 4 members (excludes halogenated alkanes) is 1. The smallest absolute Gasteiger partial charge is 0.375 e. The van der Waals surface area contributed by atoms with Crippen LogP contribution in [-0.4, -0.2) is 38.8 Å². The van der Waals surface area contributed by atoms with E-state index in [1.807, 2.05) is 0 Å². The van der Waals surface area contributed by atoms with Crippen molar-refractivity contribution in [2.45, 2.75) is 25.3 Å². The summed E-state index contributed by atoms with van der Waals surface area (Å²) in [7, 11) is 5.56. The van der Waals surface area contributed by atoms with Crippen molar-refractivity contribution in [3.05, 3.63) is 0 Å². The number of hydrogen-bond acceptors (Lipinski definition) is 4. The van der Waals surface area contributed by atoms with Gasteiger partial charge in [-0.1, -0.05) is 6.42 Å². The lowest BCUT2D eigenvalue weighted by Crippen LogP contribution is -2.34. The van der Waals surface area contributed by atoms with E-state index in [-0.39, 0.29) is 0 Å². The van der Waals surface area contributed by atoms with E-state index in [1.54, 1.807) is 0 Å². The molecule has 0 fully saturated rings. The summed E-state index contributed by atoms with van der Waals surface area (Å²) >= 11 is 0. The summed E-state index contributed by atoms with van der Waals surface area (Å²) < 4.78 is 0. The molecule has 0 aromatic carbocycles. The van der Waals surface area contributed by atoms with Crippen molar-refractivity contribution in [1.29, 1.82) is 0 Å². The molecule has 0 aliphatic rings. The largest absolute Gasteiger partial charge is 0.448 e. The molecule has 4 nitrogen and oxygen atoms in total. The Morgan fingerprint density at radius 2 is 2.33 bits per heavy atom. The quantitative estimate of drug-likeness (QED) is 0.311. The van der Waals surface area contributed by atoms with E-state index in [0.29, 0.717) is 20.4 Å². The van der Waals surface area contributed by atoms with E-state index in [0.717, 1.165) is 12.8 Å². The van der Waals surface area contributed by atoms with Gasteiger partial charge in [-0.3, -0.25) is 0 Å². The summed E-state index contributed by atoms with van der Waals surface area (Å²) in [5.74, 6) is 0. The van der Waals surface area contributed by atoms with Gasteiger partial charge < -0.3 is 20.8 Å². The lowest BCUT2D eigenvalue weighted by atomic mass is 9.86. The van der Waals surface area contributed by atoms with E-state index >= 15 is 0 Å². The molecule has 0 bridgehead atoms. The minimum Gasteiger partial charge on any atom is -0.448 e. The third-order valence-electron chi connectivity index (χ3n) is 1.58. The van der Waals surface area contributed by atoms with Crippen LogP contribution in [0.1, 0.15) is 19.3 Å². The molecule has 65 valence electrons. The molecule has 6 heteroatoms. The molecular formula is C6H13B2N2O2. The maximum absolute atomic E-state index is 10.7. The van der Waals surface area contributed by atoms with Crippen LogP contribution in [0.3, 0.4) is 0 Å². The second-order valence-corrected chi connectivity index (χ2v) is 2.59. The van der Waals surface area contributed by atoms with E-state index < -0.39 is 11.7 Å². The normalized spacial score (nSPS) is 12.5. The van der Waals surface area contributed by atoms with Gasteiger partial charge in [0.15, 0.2) is 7.98 Å². The standard InChI is InChI=1S/C6H13B2N2O2/c7-10-4-2-1-3-5(9)6(11)8-12/h5,10,12H,1-4,9H2/t5-/m0/s1. The Balaban J connectivity index is 3.31. The van der Waals surface area contributed by atoms with Gasteiger partial charge in [0.1, 0.15) is 5.68 Å². The van der Waals surface area contributed by atoms with Gasteiger partial charge in [-0.2, -0.15) is 0 Å². The van der Waals surface area contributed by atoms with Crippen molar-refractivity contribution in [1.82, 2.24) is 5.23 Å². The number of hydrogen-bond donors (Lipinski definition) is 3. The molecule has 0 rings (SSSR count). The zero-order valence-corrected chi connectivity index (χ0v) is 6.99.